The van der Waals surface area contributed by atoms with E-state index in [1.807, 2.05) is 0 Å². The summed E-state index contributed by atoms with van der Waals surface area (Å²) in [5, 5.41) is 1.01. The molecule has 0 spiro atoms. The SMILES string of the molecule is COCOc1cc(-c2c(F)cc3c(N4CC5CCC(C5)C4)nc(OCC4(C=O)CC4)nc3c2F)c2c(C#C[Si](C(C)C)(C(C)C)C(C)C)c(F)ccc2c1. The molecule has 0 N–H and O–H groups in total. The van der Waals surface area contributed by atoms with Gasteiger partial charge in [0.1, 0.15) is 49.7 Å². The monoisotopic (exact) mass is 757 g/mol. The number of nitrogens with zero attached hydrogens (tertiary/aromatic N) is 3. The summed E-state index contributed by atoms with van der Waals surface area (Å²) in [6.45, 7) is 14.5. The molecule has 1 aromatic heterocycles. The lowest BCUT2D eigenvalue weighted by molar-refractivity contribution is -0.113. The Bertz CT molecular complexity index is 2130. The Morgan fingerprint density at radius 1 is 0.944 bits per heavy atom. The molecule has 1 aliphatic heterocycles. The fourth-order valence-corrected chi connectivity index (χ4v) is 14.5. The minimum absolute atomic E-state index is 0.0706. The third-order valence-corrected chi connectivity index (χ3v) is 18.6. The third-order valence-electron chi connectivity index (χ3n) is 12.3. The van der Waals surface area contributed by atoms with Gasteiger partial charge in [-0.3, -0.25) is 0 Å². The molecule has 286 valence electrons. The number of carbonyl (C=O) groups excluding carboxylic acids is 1. The van der Waals surface area contributed by atoms with E-state index >= 15 is 13.2 Å². The predicted octanol–water partition coefficient (Wildman–Crippen LogP) is 10.0. The molecular weight excluding hydrogens is 708 g/mol. The zero-order valence-corrected chi connectivity index (χ0v) is 33.3. The first-order valence-corrected chi connectivity index (χ1v) is 21.5. The summed E-state index contributed by atoms with van der Waals surface area (Å²) in [5.74, 6) is 2.53. The molecule has 3 fully saturated rings. The van der Waals surface area contributed by atoms with E-state index in [-0.39, 0.29) is 69.0 Å². The number of rotatable bonds is 12. The standard InChI is InChI=1S/C43H50F3N3O4Si/c1-25(2)54(26(3)4,27(5)6)15-12-32-35(44)11-10-30-17-31(53-24-51-7)18-33(37(30)32)38-36(45)19-34-40(39(38)46)47-42(52-23-43(22-50)13-14-43)48-41(34)49-20-28-8-9-29(16-28)21-49/h10-11,17-19,22,25-29H,8-9,13-14,16,20-21,23-24H2,1-7H3. The number of benzene rings is 3. The largest absolute Gasteiger partial charge is 0.468 e. The normalized spacial score (nSPS) is 19.2. The van der Waals surface area contributed by atoms with Crippen LogP contribution < -0.4 is 14.4 Å². The number of methoxy groups -OCH3 is 1. The average molecular weight is 758 g/mol. The lowest BCUT2D eigenvalue weighted by atomic mass is 9.92. The van der Waals surface area contributed by atoms with Gasteiger partial charge in [0.05, 0.1) is 16.5 Å². The Morgan fingerprint density at radius 3 is 2.24 bits per heavy atom. The highest BCUT2D eigenvalue weighted by molar-refractivity contribution is 6.90. The van der Waals surface area contributed by atoms with Crippen molar-refractivity contribution in [2.45, 2.75) is 90.3 Å². The summed E-state index contributed by atoms with van der Waals surface area (Å²) in [5.41, 5.74) is 3.53. The summed E-state index contributed by atoms with van der Waals surface area (Å²) in [7, 11) is -0.854. The molecule has 2 atom stereocenters. The molecule has 54 heavy (non-hydrogen) atoms. The lowest BCUT2D eigenvalue weighted by Crippen LogP contribution is -2.43. The van der Waals surface area contributed by atoms with E-state index in [9.17, 15) is 4.79 Å². The third kappa shape index (κ3) is 6.85. The van der Waals surface area contributed by atoms with Crippen LogP contribution in [0.25, 0.3) is 32.8 Å². The van der Waals surface area contributed by atoms with E-state index in [0.29, 0.717) is 54.7 Å². The van der Waals surface area contributed by atoms with Gasteiger partial charge in [-0.25, -0.2) is 13.2 Å². The second-order valence-corrected chi connectivity index (χ2v) is 22.3. The van der Waals surface area contributed by atoms with Gasteiger partial charge < -0.3 is 23.9 Å². The molecule has 2 aliphatic carbocycles. The smallest absolute Gasteiger partial charge is 0.319 e. The van der Waals surface area contributed by atoms with Crippen molar-refractivity contribution in [1.82, 2.24) is 9.97 Å². The first-order valence-electron chi connectivity index (χ1n) is 19.3. The van der Waals surface area contributed by atoms with Gasteiger partial charge in [0, 0.05) is 36.5 Å². The number of halogens is 3. The molecule has 7 nitrogen and oxygen atoms in total. The van der Waals surface area contributed by atoms with Crippen LogP contribution in [0.5, 0.6) is 11.8 Å². The number of aromatic nitrogens is 2. The van der Waals surface area contributed by atoms with Gasteiger partial charge >= 0.3 is 6.01 Å². The number of piperidine rings is 1. The van der Waals surface area contributed by atoms with E-state index in [4.69, 9.17) is 19.2 Å². The van der Waals surface area contributed by atoms with Crippen molar-refractivity contribution in [3.8, 4) is 34.4 Å². The molecule has 11 heteroatoms. The summed E-state index contributed by atoms with van der Waals surface area (Å²) in [4.78, 5) is 23.1. The minimum atomic E-state index is -2.33. The highest BCUT2D eigenvalue weighted by Crippen LogP contribution is 2.46. The van der Waals surface area contributed by atoms with Crippen LogP contribution in [-0.2, 0) is 9.53 Å². The predicted molar refractivity (Wildman–Crippen MR) is 209 cm³/mol. The van der Waals surface area contributed by atoms with Crippen molar-refractivity contribution in [3.05, 3.63) is 53.3 Å². The summed E-state index contributed by atoms with van der Waals surface area (Å²) in [6.07, 6.45) is 5.62. The van der Waals surface area contributed by atoms with Crippen molar-refractivity contribution in [1.29, 1.82) is 0 Å². The van der Waals surface area contributed by atoms with Gasteiger partial charge in [-0.05, 0) is 90.2 Å². The first-order chi connectivity index (χ1) is 25.8. The second kappa shape index (κ2) is 14.8. The maximum absolute atomic E-state index is 17.4. The fraction of sp³-hybridized carbons (Fsp3) is 0.512. The van der Waals surface area contributed by atoms with Crippen LogP contribution in [0.4, 0.5) is 19.0 Å². The van der Waals surface area contributed by atoms with E-state index < -0.39 is 30.9 Å². The number of hydrogen-bond donors (Lipinski definition) is 0. The number of anilines is 1. The number of fused-ring (bicyclic) bond motifs is 4. The van der Waals surface area contributed by atoms with Crippen molar-refractivity contribution >= 4 is 41.9 Å². The molecule has 2 heterocycles. The number of hydrogen-bond acceptors (Lipinski definition) is 7. The number of ether oxygens (including phenoxy) is 3. The van der Waals surface area contributed by atoms with Crippen LogP contribution in [0.15, 0.2) is 30.3 Å². The molecule has 3 aliphatic rings. The Balaban J connectivity index is 1.47. The van der Waals surface area contributed by atoms with Crippen LogP contribution in [0.3, 0.4) is 0 Å². The highest BCUT2D eigenvalue weighted by Gasteiger charge is 2.44. The Morgan fingerprint density at radius 2 is 1.63 bits per heavy atom. The molecular formula is C43H50F3N3O4Si. The molecule has 3 aromatic carbocycles. The summed E-state index contributed by atoms with van der Waals surface area (Å²) < 4.78 is 67.5. The second-order valence-electron chi connectivity index (χ2n) is 16.7. The number of aldehydes is 1. The van der Waals surface area contributed by atoms with Crippen molar-refractivity contribution in [2.24, 2.45) is 17.3 Å². The maximum Gasteiger partial charge on any atom is 0.319 e. The van der Waals surface area contributed by atoms with Crippen LogP contribution in [-0.4, -0.2) is 57.9 Å². The molecule has 1 saturated heterocycles. The summed E-state index contributed by atoms with van der Waals surface area (Å²) >= 11 is 0. The van der Waals surface area contributed by atoms with Crippen LogP contribution in [0, 0.1) is 46.2 Å². The van der Waals surface area contributed by atoms with Crippen LogP contribution >= 0.6 is 0 Å². The Hall–Kier alpha value is -4.14. The zero-order valence-electron chi connectivity index (χ0n) is 32.3. The van der Waals surface area contributed by atoms with Crippen molar-refractivity contribution < 1.29 is 32.2 Å². The van der Waals surface area contributed by atoms with Crippen LogP contribution in [0.1, 0.15) is 79.2 Å². The number of carbonyl (C=O) groups is 1. The molecule has 0 radical (unpaired) electrons. The maximum atomic E-state index is 17.4. The molecule has 2 bridgehead atoms. The highest BCUT2D eigenvalue weighted by atomic mass is 28.3. The van der Waals surface area contributed by atoms with Crippen molar-refractivity contribution in [2.75, 3.05) is 38.5 Å². The summed E-state index contributed by atoms with van der Waals surface area (Å²) in [6, 6.07) is 7.34. The zero-order chi connectivity index (χ0) is 38.5. The van der Waals surface area contributed by atoms with Gasteiger partial charge in [0.25, 0.3) is 0 Å². The van der Waals surface area contributed by atoms with Crippen LogP contribution in [0.2, 0.25) is 16.6 Å². The topological polar surface area (TPSA) is 73.8 Å². The molecule has 7 rings (SSSR count). The molecule has 2 unspecified atom stereocenters. The Kier molecular flexibility index (Phi) is 10.5. The van der Waals surface area contributed by atoms with Gasteiger partial charge in [-0.1, -0.05) is 53.5 Å². The van der Waals surface area contributed by atoms with E-state index in [0.717, 1.165) is 25.5 Å². The van der Waals surface area contributed by atoms with E-state index in [2.05, 4.69) is 62.9 Å². The molecule has 2 saturated carbocycles. The van der Waals surface area contributed by atoms with Crippen molar-refractivity contribution in [3.63, 3.8) is 0 Å². The lowest BCUT2D eigenvalue weighted by Gasteiger charge is -2.38. The minimum Gasteiger partial charge on any atom is -0.468 e. The average Bonchev–Trinajstić information content (AvgIpc) is 3.85. The first kappa shape index (κ1) is 38.1. The van der Waals surface area contributed by atoms with Gasteiger partial charge in [-0.2, -0.15) is 9.97 Å². The molecule has 0 amide bonds. The van der Waals surface area contributed by atoms with Gasteiger partial charge in [0.15, 0.2) is 12.6 Å². The van der Waals surface area contributed by atoms with Gasteiger partial charge in [0.2, 0.25) is 0 Å². The quantitative estimate of drug-likeness (QED) is 0.0617. The molecule has 4 aromatic rings. The van der Waals surface area contributed by atoms with Gasteiger partial charge in [-0.15, -0.1) is 5.54 Å². The fourth-order valence-electron chi connectivity index (χ4n) is 9.31. The van der Waals surface area contributed by atoms with E-state index in [1.165, 1.54) is 25.3 Å². The Labute approximate surface area is 317 Å². The van der Waals surface area contributed by atoms with E-state index in [1.54, 1.807) is 12.1 Å².